The summed E-state index contributed by atoms with van der Waals surface area (Å²) in [6.45, 7) is 4.10. The Morgan fingerprint density at radius 1 is 1.07 bits per heavy atom. The van der Waals surface area contributed by atoms with Gasteiger partial charge in [-0.05, 0) is 72.2 Å². The summed E-state index contributed by atoms with van der Waals surface area (Å²) in [4.78, 5) is 9.04. The van der Waals surface area contributed by atoms with Crippen LogP contribution in [-0.2, 0) is 0 Å². The number of hydrogen-bond acceptors (Lipinski definition) is 4. The number of hydrogen-bond donors (Lipinski definition) is 1. The molecular formula is C22H16BrClN2O2. The van der Waals surface area contributed by atoms with Crippen molar-refractivity contribution in [1.82, 2.24) is 4.98 Å². The van der Waals surface area contributed by atoms with E-state index in [1.165, 1.54) is 0 Å². The molecule has 1 aromatic heterocycles. The number of aromatic hydroxyl groups is 1. The van der Waals surface area contributed by atoms with Gasteiger partial charge >= 0.3 is 0 Å². The molecule has 6 heteroatoms. The highest BCUT2D eigenvalue weighted by Gasteiger charge is 2.10. The number of phenolic OH excluding ortho intramolecular Hbond substituents is 1. The van der Waals surface area contributed by atoms with Gasteiger partial charge in [-0.1, -0.05) is 28.8 Å². The molecule has 0 fully saturated rings. The van der Waals surface area contributed by atoms with Gasteiger partial charge in [-0.2, -0.15) is 0 Å². The molecule has 0 amide bonds. The Balaban J connectivity index is 1.69. The van der Waals surface area contributed by atoms with Crippen LogP contribution < -0.4 is 0 Å². The maximum absolute atomic E-state index is 10.1. The molecule has 28 heavy (non-hydrogen) atoms. The van der Waals surface area contributed by atoms with E-state index in [1.807, 2.05) is 18.2 Å². The SMILES string of the molecule is Cc1cc(C)cc(-c2nc3cc(N=Cc4cc(Cl)cc(Br)c4O)ccc3o2)c1. The summed E-state index contributed by atoms with van der Waals surface area (Å²) in [6.07, 6.45) is 1.57. The first-order valence-electron chi connectivity index (χ1n) is 8.60. The normalized spacial score (nSPS) is 11.6. The van der Waals surface area contributed by atoms with Crippen LogP contribution in [0.1, 0.15) is 16.7 Å². The van der Waals surface area contributed by atoms with Crippen LogP contribution in [0.2, 0.25) is 5.02 Å². The minimum atomic E-state index is 0.0905. The monoisotopic (exact) mass is 454 g/mol. The lowest BCUT2D eigenvalue weighted by Crippen LogP contribution is -1.84. The van der Waals surface area contributed by atoms with E-state index in [0.29, 0.717) is 32.2 Å². The summed E-state index contributed by atoms with van der Waals surface area (Å²) in [5, 5.41) is 10.6. The maximum Gasteiger partial charge on any atom is 0.227 e. The molecule has 1 heterocycles. The van der Waals surface area contributed by atoms with E-state index in [1.54, 1.807) is 18.3 Å². The molecule has 4 rings (SSSR count). The average Bonchev–Trinajstić information content (AvgIpc) is 3.06. The van der Waals surface area contributed by atoms with Gasteiger partial charge in [0.2, 0.25) is 5.89 Å². The summed E-state index contributed by atoms with van der Waals surface area (Å²) in [6, 6.07) is 15.0. The van der Waals surface area contributed by atoms with Gasteiger partial charge in [-0.15, -0.1) is 0 Å². The number of nitrogens with zero attached hydrogens (tertiary/aromatic N) is 2. The number of aliphatic imine (C=N–C) groups is 1. The van der Waals surface area contributed by atoms with E-state index in [-0.39, 0.29) is 5.75 Å². The highest BCUT2D eigenvalue weighted by molar-refractivity contribution is 9.10. The summed E-state index contributed by atoms with van der Waals surface area (Å²) in [5.74, 6) is 0.673. The fourth-order valence-electron chi connectivity index (χ4n) is 3.05. The van der Waals surface area contributed by atoms with E-state index < -0.39 is 0 Å². The lowest BCUT2D eigenvalue weighted by molar-refractivity contribution is 0.471. The third-order valence-corrected chi connectivity index (χ3v) is 5.07. The predicted molar refractivity (Wildman–Crippen MR) is 117 cm³/mol. The van der Waals surface area contributed by atoms with Crippen molar-refractivity contribution in [2.75, 3.05) is 0 Å². The van der Waals surface area contributed by atoms with Crippen LogP contribution in [0.25, 0.3) is 22.6 Å². The van der Waals surface area contributed by atoms with Crippen molar-refractivity contribution in [3.63, 3.8) is 0 Å². The van der Waals surface area contributed by atoms with Gasteiger partial charge in [0.05, 0.1) is 10.2 Å². The minimum absolute atomic E-state index is 0.0905. The summed E-state index contributed by atoms with van der Waals surface area (Å²) in [7, 11) is 0. The van der Waals surface area contributed by atoms with Crippen LogP contribution in [0.4, 0.5) is 5.69 Å². The van der Waals surface area contributed by atoms with Gasteiger partial charge in [-0.25, -0.2) is 4.98 Å². The smallest absolute Gasteiger partial charge is 0.227 e. The van der Waals surface area contributed by atoms with E-state index >= 15 is 0 Å². The van der Waals surface area contributed by atoms with E-state index in [4.69, 9.17) is 16.0 Å². The van der Waals surface area contributed by atoms with Crippen molar-refractivity contribution < 1.29 is 9.52 Å². The molecule has 0 atom stereocenters. The molecule has 0 saturated heterocycles. The third-order valence-electron chi connectivity index (χ3n) is 4.25. The van der Waals surface area contributed by atoms with E-state index in [0.717, 1.165) is 22.2 Å². The zero-order valence-electron chi connectivity index (χ0n) is 15.2. The first kappa shape index (κ1) is 18.7. The highest BCUT2D eigenvalue weighted by Crippen LogP contribution is 2.32. The Hall–Kier alpha value is -2.63. The Morgan fingerprint density at radius 3 is 2.57 bits per heavy atom. The van der Waals surface area contributed by atoms with Crippen molar-refractivity contribution in [2.45, 2.75) is 13.8 Å². The molecule has 0 radical (unpaired) electrons. The van der Waals surface area contributed by atoms with Crippen LogP contribution in [0.15, 0.2) is 62.4 Å². The van der Waals surface area contributed by atoms with Crippen LogP contribution >= 0.6 is 27.5 Å². The summed E-state index contributed by atoms with van der Waals surface area (Å²) < 4.78 is 6.43. The number of phenols is 1. The van der Waals surface area contributed by atoms with Gasteiger partial charge in [-0.3, -0.25) is 4.99 Å². The Kier molecular flexibility index (Phi) is 4.96. The number of rotatable bonds is 3. The Morgan fingerprint density at radius 2 is 1.82 bits per heavy atom. The van der Waals surface area contributed by atoms with Crippen LogP contribution in [0.3, 0.4) is 0 Å². The maximum atomic E-state index is 10.1. The summed E-state index contributed by atoms with van der Waals surface area (Å²) >= 11 is 9.31. The molecule has 0 bridgehead atoms. The van der Waals surface area contributed by atoms with Crippen LogP contribution in [-0.4, -0.2) is 16.3 Å². The highest BCUT2D eigenvalue weighted by atomic mass is 79.9. The summed E-state index contributed by atoms with van der Waals surface area (Å²) in [5.41, 5.74) is 5.91. The molecule has 0 aliphatic heterocycles. The van der Waals surface area contributed by atoms with Gasteiger partial charge < -0.3 is 9.52 Å². The molecule has 4 nitrogen and oxygen atoms in total. The first-order chi connectivity index (χ1) is 13.4. The fourth-order valence-corrected chi connectivity index (χ4v) is 3.88. The van der Waals surface area contributed by atoms with Gasteiger partial charge in [0, 0.05) is 22.4 Å². The van der Waals surface area contributed by atoms with Crippen molar-refractivity contribution >= 4 is 50.5 Å². The first-order valence-corrected chi connectivity index (χ1v) is 9.77. The molecule has 0 aliphatic carbocycles. The van der Waals surface area contributed by atoms with Crippen molar-refractivity contribution in [1.29, 1.82) is 0 Å². The Labute approximate surface area is 175 Å². The lowest BCUT2D eigenvalue weighted by Gasteiger charge is -2.02. The number of benzene rings is 3. The minimum Gasteiger partial charge on any atom is -0.506 e. The van der Waals surface area contributed by atoms with Crippen LogP contribution in [0.5, 0.6) is 5.75 Å². The zero-order chi connectivity index (χ0) is 19.8. The van der Waals surface area contributed by atoms with Gasteiger partial charge in [0.15, 0.2) is 5.58 Å². The zero-order valence-corrected chi connectivity index (χ0v) is 17.5. The molecule has 0 unspecified atom stereocenters. The standard InChI is InChI=1S/C22H16BrClN2O2/c1-12-5-13(2)7-14(6-12)22-26-19-10-17(3-4-20(19)28-22)25-11-15-8-16(24)9-18(23)21(15)27/h3-11,27H,1-2H3. The van der Waals surface area contributed by atoms with E-state index in [2.05, 4.69) is 58.0 Å². The van der Waals surface area contributed by atoms with Crippen LogP contribution in [0, 0.1) is 13.8 Å². The fraction of sp³-hybridized carbons (Fsp3) is 0.0909. The Bertz CT molecular complexity index is 1210. The largest absolute Gasteiger partial charge is 0.506 e. The molecule has 0 saturated carbocycles. The lowest BCUT2D eigenvalue weighted by atomic mass is 10.1. The number of aromatic nitrogens is 1. The molecule has 0 aliphatic rings. The third kappa shape index (κ3) is 3.81. The van der Waals surface area contributed by atoms with Gasteiger partial charge in [0.1, 0.15) is 11.3 Å². The quantitative estimate of drug-likeness (QED) is 0.339. The topological polar surface area (TPSA) is 58.6 Å². The van der Waals surface area contributed by atoms with Crippen molar-refractivity contribution in [2.24, 2.45) is 4.99 Å². The second kappa shape index (κ2) is 7.41. The number of fused-ring (bicyclic) bond motifs is 1. The van der Waals surface area contributed by atoms with Crippen molar-refractivity contribution in [3.05, 3.63) is 74.7 Å². The second-order valence-electron chi connectivity index (χ2n) is 6.63. The second-order valence-corrected chi connectivity index (χ2v) is 7.92. The molecule has 140 valence electrons. The molecule has 4 aromatic rings. The molecule has 0 spiro atoms. The number of aryl methyl sites for hydroxylation is 2. The predicted octanol–water partition coefficient (Wildman–Crippen LogP) is 6.98. The molecule has 1 N–H and O–H groups in total. The molecular weight excluding hydrogens is 440 g/mol. The number of halogens is 2. The molecule has 3 aromatic carbocycles. The van der Waals surface area contributed by atoms with E-state index in [9.17, 15) is 5.11 Å². The average molecular weight is 456 g/mol. The van der Waals surface area contributed by atoms with Gasteiger partial charge in [0.25, 0.3) is 0 Å². The number of oxazole rings is 1. The van der Waals surface area contributed by atoms with Crippen molar-refractivity contribution in [3.8, 4) is 17.2 Å².